The van der Waals surface area contributed by atoms with E-state index in [0.717, 1.165) is 10.8 Å². The Hall–Kier alpha value is -3.39. The second kappa shape index (κ2) is 7.21. The predicted octanol–water partition coefficient (Wildman–Crippen LogP) is 3.20. The summed E-state index contributed by atoms with van der Waals surface area (Å²) in [5.41, 5.74) is 2.26. The van der Waals surface area contributed by atoms with Gasteiger partial charge in [0.15, 0.2) is 0 Å². The summed E-state index contributed by atoms with van der Waals surface area (Å²) >= 11 is 0. The smallest absolute Gasteiger partial charge is 0.255 e. The summed E-state index contributed by atoms with van der Waals surface area (Å²) in [7, 11) is -3.19. The molecule has 1 aliphatic heterocycles. The topological polar surface area (TPSA) is 95.6 Å². The predicted molar refractivity (Wildman–Crippen MR) is 114 cm³/mol. The van der Waals surface area contributed by atoms with E-state index in [9.17, 15) is 18.0 Å². The Morgan fingerprint density at radius 2 is 1.45 bits per heavy atom. The highest BCUT2D eigenvalue weighted by molar-refractivity contribution is 7.94. The van der Waals surface area contributed by atoms with Crippen molar-refractivity contribution in [1.29, 1.82) is 0 Å². The summed E-state index contributed by atoms with van der Waals surface area (Å²) in [6.07, 6.45) is 0. The number of anilines is 3. The van der Waals surface area contributed by atoms with E-state index in [1.807, 2.05) is 18.2 Å². The van der Waals surface area contributed by atoms with Gasteiger partial charge in [0.1, 0.15) is 0 Å². The molecule has 0 radical (unpaired) electrons. The molecule has 1 saturated heterocycles. The lowest BCUT2D eigenvalue weighted by molar-refractivity contribution is -0.114. The zero-order valence-electron chi connectivity index (χ0n) is 15.7. The number of carbonyl (C=O) groups is 2. The highest BCUT2D eigenvalue weighted by Crippen LogP contribution is 2.30. The highest BCUT2D eigenvalue weighted by Gasteiger charge is 2.32. The molecule has 148 valence electrons. The molecular formula is C21H19N3O4S. The molecule has 2 amide bonds. The van der Waals surface area contributed by atoms with Crippen LogP contribution in [0, 0.1) is 0 Å². The first-order valence-corrected chi connectivity index (χ1v) is 10.7. The van der Waals surface area contributed by atoms with Gasteiger partial charge in [0, 0.05) is 41.2 Å². The van der Waals surface area contributed by atoms with Crippen molar-refractivity contribution in [2.24, 2.45) is 0 Å². The quantitative estimate of drug-likeness (QED) is 0.692. The van der Waals surface area contributed by atoms with Crippen LogP contribution in [0.1, 0.15) is 17.3 Å². The lowest BCUT2D eigenvalue weighted by atomic mass is 10.1. The van der Waals surface area contributed by atoms with Crippen LogP contribution in [-0.2, 0) is 14.8 Å². The van der Waals surface area contributed by atoms with Crippen molar-refractivity contribution < 1.29 is 18.0 Å². The third kappa shape index (κ3) is 3.66. The Kier molecular flexibility index (Phi) is 4.71. The molecule has 0 unspecified atom stereocenters. The van der Waals surface area contributed by atoms with Gasteiger partial charge in [-0.15, -0.1) is 0 Å². The maximum absolute atomic E-state index is 12.7. The molecule has 0 spiro atoms. The van der Waals surface area contributed by atoms with Crippen LogP contribution in [0.15, 0.2) is 60.7 Å². The average molecular weight is 409 g/mol. The number of carbonyl (C=O) groups excluding carboxylic acids is 2. The second-order valence-corrected chi connectivity index (χ2v) is 8.79. The number of hydrogen-bond acceptors (Lipinski definition) is 4. The minimum atomic E-state index is -3.19. The normalized spacial score (nSPS) is 14.9. The molecule has 1 fully saturated rings. The van der Waals surface area contributed by atoms with Gasteiger partial charge in [-0.1, -0.05) is 24.3 Å². The van der Waals surface area contributed by atoms with Crippen LogP contribution in [0.2, 0.25) is 0 Å². The SMILES string of the molecule is CC(=O)Nc1cccc2c(NC(=O)c3ccc(N4CCS4(=O)=O)cc3)cccc12. The van der Waals surface area contributed by atoms with Crippen molar-refractivity contribution in [1.82, 2.24) is 0 Å². The molecule has 29 heavy (non-hydrogen) atoms. The highest BCUT2D eigenvalue weighted by atomic mass is 32.2. The van der Waals surface area contributed by atoms with Crippen molar-refractivity contribution in [3.05, 3.63) is 66.2 Å². The number of fused-ring (bicyclic) bond motifs is 1. The summed E-state index contributed by atoms with van der Waals surface area (Å²) in [4.78, 5) is 24.1. The molecule has 0 aliphatic carbocycles. The molecule has 7 nitrogen and oxygen atoms in total. The first-order valence-electron chi connectivity index (χ1n) is 9.06. The minimum Gasteiger partial charge on any atom is -0.326 e. The van der Waals surface area contributed by atoms with Crippen LogP contribution < -0.4 is 14.9 Å². The molecule has 3 aromatic carbocycles. The van der Waals surface area contributed by atoms with E-state index >= 15 is 0 Å². The monoisotopic (exact) mass is 409 g/mol. The van der Waals surface area contributed by atoms with Crippen LogP contribution in [0.5, 0.6) is 0 Å². The van der Waals surface area contributed by atoms with Crippen molar-refractivity contribution in [2.75, 3.05) is 27.2 Å². The largest absolute Gasteiger partial charge is 0.326 e. The molecule has 2 N–H and O–H groups in total. The van der Waals surface area contributed by atoms with Gasteiger partial charge in [-0.3, -0.25) is 13.9 Å². The lowest BCUT2D eigenvalue weighted by Crippen LogP contribution is -2.47. The molecule has 4 rings (SSSR count). The maximum Gasteiger partial charge on any atom is 0.255 e. The summed E-state index contributed by atoms with van der Waals surface area (Å²) in [5.74, 6) is -0.326. The number of hydrogen-bond donors (Lipinski definition) is 2. The number of nitrogens with one attached hydrogen (secondary N) is 2. The minimum absolute atomic E-state index is 0.150. The number of benzene rings is 3. The van der Waals surface area contributed by atoms with Gasteiger partial charge in [-0.25, -0.2) is 8.42 Å². The van der Waals surface area contributed by atoms with E-state index in [1.54, 1.807) is 42.5 Å². The molecule has 1 aliphatic rings. The maximum atomic E-state index is 12.7. The van der Waals surface area contributed by atoms with Crippen molar-refractivity contribution >= 4 is 49.7 Å². The van der Waals surface area contributed by atoms with Gasteiger partial charge < -0.3 is 10.6 Å². The van der Waals surface area contributed by atoms with Crippen molar-refractivity contribution in [3.8, 4) is 0 Å². The van der Waals surface area contributed by atoms with E-state index in [1.165, 1.54) is 11.2 Å². The Morgan fingerprint density at radius 1 is 0.862 bits per heavy atom. The van der Waals surface area contributed by atoms with E-state index in [4.69, 9.17) is 0 Å². The Bertz CT molecular complexity index is 1220. The fraction of sp³-hybridized carbons (Fsp3) is 0.143. The van der Waals surface area contributed by atoms with Gasteiger partial charge >= 0.3 is 0 Å². The third-order valence-corrected chi connectivity index (χ3v) is 6.55. The first-order chi connectivity index (χ1) is 13.8. The van der Waals surface area contributed by atoms with Crippen LogP contribution >= 0.6 is 0 Å². The summed E-state index contributed by atoms with van der Waals surface area (Å²) in [6.45, 7) is 1.90. The van der Waals surface area contributed by atoms with E-state index < -0.39 is 10.0 Å². The number of sulfonamides is 1. The molecule has 8 heteroatoms. The molecule has 0 bridgehead atoms. The fourth-order valence-electron chi connectivity index (χ4n) is 3.31. The molecule has 0 aromatic heterocycles. The van der Waals surface area contributed by atoms with Gasteiger partial charge in [-0.2, -0.15) is 0 Å². The molecule has 0 saturated carbocycles. The summed E-state index contributed by atoms with van der Waals surface area (Å²) < 4.78 is 24.8. The van der Waals surface area contributed by atoms with Gasteiger partial charge in [0.25, 0.3) is 5.91 Å². The number of amides is 2. The van der Waals surface area contributed by atoms with Crippen LogP contribution in [-0.4, -0.2) is 32.5 Å². The average Bonchev–Trinajstić information content (AvgIpc) is 2.68. The van der Waals surface area contributed by atoms with E-state index in [0.29, 0.717) is 29.2 Å². The van der Waals surface area contributed by atoms with Crippen LogP contribution in [0.25, 0.3) is 10.8 Å². The molecule has 0 atom stereocenters. The van der Waals surface area contributed by atoms with Crippen molar-refractivity contribution in [3.63, 3.8) is 0 Å². The second-order valence-electron chi connectivity index (χ2n) is 6.78. The molecule has 3 aromatic rings. The van der Waals surface area contributed by atoms with Gasteiger partial charge in [0.05, 0.1) is 11.4 Å². The number of rotatable bonds is 4. The van der Waals surface area contributed by atoms with E-state index in [-0.39, 0.29) is 17.6 Å². The zero-order chi connectivity index (χ0) is 20.6. The van der Waals surface area contributed by atoms with Crippen molar-refractivity contribution in [2.45, 2.75) is 6.92 Å². The molecule has 1 heterocycles. The summed E-state index contributed by atoms with van der Waals surface area (Å²) in [5, 5.41) is 7.30. The molecular weight excluding hydrogens is 390 g/mol. The Balaban J connectivity index is 1.58. The van der Waals surface area contributed by atoms with Crippen LogP contribution in [0.4, 0.5) is 17.1 Å². The van der Waals surface area contributed by atoms with Crippen LogP contribution in [0.3, 0.4) is 0 Å². The Morgan fingerprint density at radius 3 is 1.93 bits per heavy atom. The first kappa shape index (κ1) is 18.9. The third-order valence-electron chi connectivity index (χ3n) is 4.79. The van der Waals surface area contributed by atoms with E-state index in [2.05, 4.69) is 10.6 Å². The lowest BCUT2D eigenvalue weighted by Gasteiger charge is -2.32. The standard InChI is InChI=1S/C21H19N3O4S/c1-14(25)22-19-6-2-5-18-17(19)4-3-7-20(18)23-21(26)15-8-10-16(11-9-15)24-12-13-29(24,27)28/h2-11H,12-13H2,1H3,(H,22,25)(H,23,26). The Labute approximate surface area is 168 Å². The van der Waals surface area contributed by atoms with Gasteiger partial charge in [-0.05, 0) is 36.4 Å². The fourth-order valence-corrected chi connectivity index (χ4v) is 4.42. The number of nitrogens with zero attached hydrogens (tertiary/aromatic N) is 1. The summed E-state index contributed by atoms with van der Waals surface area (Å²) in [6, 6.07) is 17.4. The zero-order valence-corrected chi connectivity index (χ0v) is 16.5. The van der Waals surface area contributed by atoms with Gasteiger partial charge in [0.2, 0.25) is 15.9 Å².